The van der Waals surface area contributed by atoms with Crippen molar-refractivity contribution in [2.45, 2.75) is 32.4 Å². The highest BCUT2D eigenvalue weighted by Gasteiger charge is 2.41. The molecule has 0 bridgehead atoms. The molecule has 1 fully saturated rings. The number of carbonyl (C=O) groups excluding carboxylic acids is 2. The maximum Gasteiger partial charge on any atom is 0.429 e. The predicted octanol–water partition coefficient (Wildman–Crippen LogP) is 1.53. The van der Waals surface area contributed by atoms with Crippen LogP contribution in [0, 0.1) is 0 Å². The average Bonchev–Trinajstić information content (AvgIpc) is 2.58. The molecule has 0 radical (unpaired) electrons. The van der Waals surface area contributed by atoms with E-state index in [1.165, 1.54) is 10.0 Å². The fourth-order valence-electron chi connectivity index (χ4n) is 1.73. The Labute approximate surface area is 99.7 Å². The van der Waals surface area contributed by atoms with Crippen molar-refractivity contribution in [3.63, 3.8) is 0 Å². The molecule has 6 heteroatoms. The zero-order valence-corrected chi connectivity index (χ0v) is 10.2. The first-order valence-corrected chi connectivity index (χ1v) is 5.51. The number of rotatable bonds is 0. The number of nitrogens with zero attached hydrogens (tertiary/aromatic N) is 2. The van der Waals surface area contributed by atoms with E-state index in [2.05, 4.69) is 0 Å². The Kier molecular flexibility index (Phi) is 2.73. The van der Waals surface area contributed by atoms with Crippen LogP contribution >= 0.6 is 0 Å². The van der Waals surface area contributed by atoms with Crippen LogP contribution < -0.4 is 0 Å². The second kappa shape index (κ2) is 3.94. The number of amides is 2. The van der Waals surface area contributed by atoms with Gasteiger partial charge in [-0.2, -0.15) is 0 Å². The molecule has 1 atom stereocenters. The van der Waals surface area contributed by atoms with Crippen LogP contribution in [0.4, 0.5) is 9.59 Å². The second-order valence-electron chi connectivity index (χ2n) is 4.98. The second-order valence-corrected chi connectivity index (χ2v) is 4.98. The van der Waals surface area contributed by atoms with Gasteiger partial charge in [-0.1, -0.05) is 12.2 Å². The van der Waals surface area contributed by atoms with E-state index in [1.54, 1.807) is 20.8 Å². The first-order chi connectivity index (χ1) is 7.88. The molecule has 94 valence electrons. The van der Waals surface area contributed by atoms with Crippen LogP contribution in [0.3, 0.4) is 0 Å². The van der Waals surface area contributed by atoms with E-state index in [1.807, 2.05) is 12.2 Å². The maximum absolute atomic E-state index is 11.9. The Morgan fingerprint density at radius 2 is 2.24 bits per heavy atom. The fraction of sp³-hybridized carbons (Fsp3) is 0.636. The standard InChI is InChI=1S/C11H16N2O4/c1-11(2,3)17-9(14)12-6-4-5-8-7-16-10(15)13(8)12/h4-5,8H,6-7H2,1-3H3/t8-/m0/s1. The highest BCUT2D eigenvalue weighted by molar-refractivity contribution is 5.76. The third-order valence-corrected chi connectivity index (χ3v) is 2.38. The highest BCUT2D eigenvalue weighted by atomic mass is 16.6. The quantitative estimate of drug-likeness (QED) is 0.602. The van der Waals surface area contributed by atoms with Gasteiger partial charge in [-0.05, 0) is 20.8 Å². The zero-order chi connectivity index (χ0) is 12.6. The molecule has 6 nitrogen and oxygen atoms in total. The minimum Gasteiger partial charge on any atom is -0.446 e. The van der Waals surface area contributed by atoms with Gasteiger partial charge in [0.25, 0.3) is 0 Å². The van der Waals surface area contributed by atoms with E-state index >= 15 is 0 Å². The Morgan fingerprint density at radius 3 is 2.88 bits per heavy atom. The van der Waals surface area contributed by atoms with Crippen LogP contribution in [0.25, 0.3) is 0 Å². The third kappa shape index (κ3) is 2.35. The number of carbonyl (C=O) groups is 2. The van der Waals surface area contributed by atoms with Crippen LogP contribution in [0.1, 0.15) is 20.8 Å². The SMILES string of the molecule is CC(C)(C)OC(=O)N1CC=C[C@H]2COC(=O)N21. The van der Waals surface area contributed by atoms with Gasteiger partial charge in [-0.25, -0.2) is 19.6 Å². The number of hydrogen-bond donors (Lipinski definition) is 0. The summed E-state index contributed by atoms with van der Waals surface area (Å²) in [6, 6.07) is -0.205. The Balaban J connectivity index is 2.13. The molecular weight excluding hydrogens is 224 g/mol. The Morgan fingerprint density at radius 1 is 1.53 bits per heavy atom. The molecule has 0 aromatic heterocycles. The fourth-order valence-corrected chi connectivity index (χ4v) is 1.73. The van der Waals surface area contributed by atoms with Crippen LogP contribution in [-0.4, -0.2) is 47.0 Å². The van der Waals surface area contributed by atoms with Crippen LogP contribution in [0.15, 0.2) is 12.2 Å². The number of ether oxygens (including phenoxy) is 2. The molecule has 2 amide bonds. The Bertz CT molecular complexity index is 372. The monoisotopic (exact) mass is 240 g/mol. The average molecular weight is 240 g/mol. The first-order valence-electron chi connectivity index (χ1n) is 5.51. The van der Waals surface area contributed by atoms with Gasteiger partial charge < -0.3 is 9.47 Å². The molecule has 0 unspecified atom stereocenters. The van der Waals surface area contributed by atoms with Crippen molar-refractivity contribution in [3.8, 4) is 0 Å². The van der Waals surface area contributed by atoms with Gasteiger partial charge in [0, 0.05) is 0 Å². The summed E-state index contributed by atoms with van der Waals surface area (Å²) in [5.74, 6) is 0. The van der Waals surface area contributed by atoms with Crippen molar-refractivity contribution < 1.29 is 19.1 Å². The molecule has 0 N–H and O–H groups in total. The number of fused-ring (bicyclic) bond motifs is 1. The summed E-state index contributed by atoms with van der Waals surface area (Å²) in [5.41, 5.74) is -0.586. The van der Waals surface area contributed by atoms with Crippen molar-refractivity contribution in [3.05, 3.63) is 12.2 Å². The molecule has 2 heterocycles. The molecule has 2 rings (SSSR count). The molecule has 2 aliphatic heterocycles. The molecule has 0 aromatic rings. The topological polar surface area (TPSA) is 59.1 Å². The summed E-state index contributed by atoms with van der Waals surface area (Å²) in [4.78, 5) is 23.4. The molecule has 17 heavy (non-hydrogen) atoms. The summed E-state index contributed by atoms with van der Waals surface area (Å²) in [5, 5.41) is 2.57. The van der Waals surface area contributed by atoms with Gasteiger partial charge in [-0.3, -0.25) is 0 Å². The third-order valence-electron chi connectivity index (χ3n) is 2.38. The summed E-state index contributed by atoms with van der Waals surface area (Å²) in [7, 11) is 0. The number of hydrogen-bond acceptors (Lipinski definition) is 4. The van der Waals surface area contributed by atoms with Crippen molar-refractivity contribution in [1.29, 1.82) is 0 Å². The van der Waals surface area contributed by atoms with Gasteiger partial charge in [0.2, 0.25) is 0 Å². The lowest BCUT2D eigenvalue weighted by molar-refractivity contribution is -0.0314. The van der Waals surface area contributed by atoms with Crippen LogP contribution in [-0.2, 0) is 9.47 Å². The molecule has 0 aromatic carbocycles. The van der Waals surface area contributed by atoms with E-state index in [0.29, 0.717) is 6.54 Å². The van der Waals surface area contributed by atoms with Crippen molar-refractivity contribution in [1.82, 2.24) is 10.0 Å². The molecule has 0 aliphatic carbocycles. The minimum atomic E-state index is -0.586. The van der Waals surface area contributed by atoms with E-state index in [0.717, 1.165) is 0 Å². The highest BCUT2D eigenvalue weighted by Crippen LogP contribution is 2.22. The number of cyclic esters (lactones) is 1. The van der Waals surface area contributed by atoms with Gasteiger partial charge in [-0.15, -0.1) is 0 Å². The van der Waals surface area contributed by atoms with E-state index < -0.39 is 17.8 Å². The smallest absolute Gasteiger partial charge is 0.429 e. The largest absolute Gasteiger partial charge is 0.446 e. The van der Waals surface area contributed by atoms with Gasteiger partial charge in [0.05, 0.1) is 6.54 Å². The summed E-state index contributed by atoms with van der Waals surface area (Å²) in [6.45, 7) is 5.94. The van der Waals surface area contributed by atoms with Crippen molar-refractivity contribution in [2.24, 2.45) is 0 Å². The maximum atomic E-state index is 11.9. The van der Waals surface area contributed by atoms with Crippen LogP contribution in [0.5, 0.6) is 0 Å². The first kappa shape index (κ1) is 11.8. The minimum absolute atomic E-state index is 0.205. The molecule has 1 saturated heterocycles. The lowest BCUT2D eigenvalue weighted by atomic mass is 10.2. The zero-order valence-electron chi connectivity index (χ0n) is 10.2. The molecule has 0 saturated carbocycles. The van der Waals surface area contributed by atoms with E-state index in [4.69, 9.17) is 9.47 Å². The lowest BCUT2D eigenvalue weighted by Gasteiger charge is -2.35. The molecule has 0 spiro atoms. The van der Waals surface area contributed by atoms with Gasteiger partial charge in [0.1, 0.15) is 18.2 Å². The summed E-state index contributed by atoms with van der Waals surface area (Å²) in [6.07, 6.45) is 2.63. The Hall–Kier alpha value is -1.72. The van der Waals surface area contributed by atoms with Crippen molar-refractivity contribution in [2.75, 3.05) is 13.2 Å². The lowest BCUT2D eigenvalue weighted by Crippen LogP contribution is -2.53. The summed E-state index contributed by atoms with van der Waals surface area (Å²) >= 11 is 0. The van der Waals surface area contributed by atoms with Crippen LogP contribution in [0.2, 0.25) is 0 Å². The van der Waals surface area contributed by atoms with E-state index in [-0.39, 0.29) is 12.6 Å². The normalized spacial score (nSPS) is 23.5. The number of hydrazine groups is 1. The van der Waals surface area contributed by atoms with Gasteiger partial charge in [0.15, 0.2) is 0 Å². The predicted molar refractivity (Wildman–Crippen MR) is 59.1 cm³/mol. The summed E-state index contributed by atoms with van der Waals surface area (Å²) < 4.78 is 10.1. The van der Waals surface area contributed by atoms with Gasteiger partial charge >= 0.3 is 12.2 Å². The molecular formula is C11H16N2O4. The van der Waals surface area contributed by atoms with E-state index in [9.17, 15) is 9.59 Å². The van der Waals surface area contributed by atoms with Crippen molar-refractivity contribution >= 4 is 12.2 Å². The molecule has 2 aliphatic rings.